The van der Waals surface area contributed by atoms with Crippen molar-refractivity contribution in [2.75, 3.05) is 24.6 Å². The molecule has 2 radical (unpaired) electrons. The molecule has 3 heteroatoms. The average Bonchev–Trinajstić information content (AvgIpc) is 2.85. The average molecular weight is 567 g/mol. The van der Waals surface area contributed by atoms with E-state index in [1.165, 1.54) is 154 Å². The van der Waals surface area contributed by atoms with Crippen LogP contribution >= 0.6 is 17.2 Å². The number of hydrogen-bond acceptors (Lipinski definition) is 0. The summed E-state index contributed by atoms with van der Waals surface area (Å²) in [5.41, 5.74) is 0. The first-order valence-corrected chi connectivity index (χ1v) is 19.7. The van der Waals surface area contributed by atoms with E-state index in [0.29, 0.717) is 0 Å². The summed E-state index contributed by atoms with van der Waals surface area (Å²) in [6.45, 7) is 9.19. The molecule has 0 amide bonds. The molecular weight excluding hydrogens is 494 g/mol. The molecule has 35 heavy (non-hydrogen) atoms. The molecule has 0 atom stereocenters. The zero-order valence-electron chi connectivity index (χ0n) is 25.5. The molecule has 0 aromatic heterocycles. The fourth-order valence-electron chi connectivity index (χ4n) is 4.56. The third-order valence-corrected chi connectivity index (χ3v) is 10.3. The maximum absolute atomic E-state index is 2.30. The SMILES string of the molecule is CCCCCCCC[PH2]CCCCCCCC.CCCCCCCC[PH2]CCCCCCCC.[Ti]. The minimum atomic E-state index is 0. The predicted molar refractivity (Wildman–Crippen MR) is 172 cm³/mol. The normalized spacial score (nSPS) is 10.6. The molecule has 0 rings (SSSR count). The van der Waals surface area contributed by atoms with Crippen molar-refractivity contribution < 1.29 is 21.7 Å². The van der Waals surface area contributed by atoms with E-state index in [1.54, 1.807) is 24.6 Å². The summed E-state index contributed by atoms with van der Waals surface area (Å²) in [4.78, 5) is 0. The van der Waals surface area contributed by atoms with Crippen LogP contribution in [0.15, 0.2) is 0 Å². The van der Waals surface area contributed by atoms with E-state index < -0.39 is 0 Å². The van der Waals surface area contributed by atoms with Crippen LogP contribution in [-0.4, -0.2) is 24.6 Å². The van der Waals surface area contributed by atoms with Gasteiger partial charge in [0, 0.05) is 21.7 Å². The molecule has 0 aromatic rings. The van der Waals surface area contributed by atoms with Crippen LogP contribution in [0.2, 0.25) is 0 Å². The van der Waals surface area contributed by atoms with Crippen molar-refractivity contribution in [2.45, 2.75) is 182 Å². The maximum Gasteiger partial charge on any atom is 0 e. The van der Waals surface area contributed by atoms with E-state index in [4.69, 9.17) is 0 Å². The van der Waals surface area contributed by atoms with Gasteiger partial charge in [-0.1, -0.05) is 182 Å². The Morgan fingerprint density at radius 1 is 0.257 bits per heavy atom. The Labute approximate surface area is 244 Å². The second-order valence-electron chi connectivity index (χ2n) is 10.8. The van der Waals surface area contributed by atoms with Gasteiger partial charge in [0.1, 0.15) is 0 Å². The molecule has 214 valence electrons. The largest absolute Gasteiger partial charge is 0.151 e. The molecule has 0 saturated heterocycles. The van der Waals surface area contributed by atoms with Gasteiger partial charge >= 0.3 is 0 Å². The van der Waals surface area contributed by atoms with Gasteiger partial charge in [0.2, 0.25) is 0 Å². The van der Waals surface area contributed by atoms with Gasteiger partial charge in [-0.3, -0.25) is 0 Å². The van der Waals surface area contributed by atoms with Crippen molar-refractivity contribution in [2.24, 2.45) is 0 Å². The third-order valence-electron chi connectivity index (χ3n) is 7.05. The zero-order chi connectivity index (χ0) is 25.2. The number of hydrogen-bond donors (Lipinski definition) is 0. The van der Waals surface area contributed by atoms with Crippen molar-refractivity contribution in [3.05, 3.63) is 0 Å². The van der Waals surface area contributed by atoms with Crippen molar-refractivity contribution in [1.82, 2.24) is 0 Å². The van der Waals surface area contributed by atoms with E-state index in [1.807, 2.05) is 0 Å². The molecule has 0 bridgehead atoms. The standard InChI is InChI=1S/2C16H36P.Ti/c2*1-3-5-7-9-11-13-15-17-16-14-12-10-8-6-4-2;/h2*3-17H2,1-2H3;. The Morgan fingerprint density at radius 3 is 0.629 bits per heavy atom. The van der Waals surface area contributed by atoms with Gasteiger partial charge in [0.15, 0.2) is 0 Å². The molecular formula is C32H72P2Ti. The van der Waals surface area contributed by atoms with Crippen LogP contribution in [0.25, 0.3) is 0 Å². The molecule has 0 N–H and O–H groups in total. The molecule has 0 aliphatic rings. The van der Waals surface area contributed by atoms with Crippen LogP contribution in [0.1, 0.15) is 182 Å². The van der Waals surface area contributed by atoms with Gasteiger partial charge in [-0.2, -0.15) is 17.2 Å². The van der Waals surface area contributed by atoms with Gasteiger partial charge in [-0.25, -0.2) is 0 Å². The van der Waals surface area contributed by atoms with Crippen molar-refractivity contribution in [3.8, 4) is 0 Å². The molecule has 0 aliphatic heterocycles. The van der Waals surface area contributed by atoms with Crippen molar-refractivity contribution in [1.29, 1.82) is 0 Å². The molecule has 0 fully saturated rings. The second-order valence-corrected chi connectivity index (χ2v) is 14.3. The molecule has 0 nitrogen and oxygen atoms in total. The van der Waals surface area contributed by atoms with Crippen LogP contribution in [-0.2, 0) is 21.7 Å². The first-order chi connectivity index (χ1) is 16.8. The maximum atomic E-state index is 2.30. The third kappa shape index (κ3) is 45.8. The minimum Gasteiger partial charge on any atom is -0.151 e. The van der Waals surface area contributed by atoms with Gasteiger partial charge in [-0.05, 0) is 24.6 Å². The van der Waals surface area contributed by atoms with E-state index in [-0.39, 0.29) is 21.7 Å². The summed E-state index contributed by atoms with van der Waals surface area (Å²) in [6.07, 6.45) is 41.6. The summed E-state index contributed by atoms with van der Waals surface area (Å²) < 4.78 is 0. The zero-order valence-corrected chi connectivity index (χ0v) is 29.3. The van der Waals surface area contributed by atoms with Gasteiger partial charge in [0.05, 0.1) is 0 Å². The summed E-state index contributed by atoms with van der Waals surface area (Å²) >= 11 is 0. The van der Waals surface area contributed by atoms with Crippen molar-refractivity contribution in [3.63, 3.8) is 0 Å². The Balaban J connectivity index is -0.000000569. The van der Waals surface area contributed by atoms with E-state index >= 15 is 0 Å². The molecule has 0 saturated carbocycles. The molecule has 0 heterocycles. The van der Waals surface area contributed by atoms with Crippen LogP contribution in [0.3, 0.4) is 0 Å². The van der Waals surface area contributed by atoms with Crippen molar-refractivity contribution >= 4 is 17.2 Å². The molecule has 0 spiro atoms. The topological polar surface area (TPSA) is 0 Å². The van der Waals surface area contributed by atoms with Crippen LogP contribution in [0, 0.1) is 0 Å². The van der Waals surface area contributed by atoms with Crippen LogP contribution in [0.5, 0.6) is 0 Å². The van der Waals surface area contributed by atoms with Crippen LogP contribution in [0.4, 0.5) is 0 Å². The smallest absolute Gasteiger partial charge is 0 e. The first-order valence-electron chi connectivity index (χ1n) is 16.5. The molecule has 0 aromatic carbocycles. The minimum absolute atomic E-state index is 0. The Morgan fingerprint density at radius 2 is 0.429 bits per heavy atom. The Bertz CT molecular complexity index is 254. The van der Waals surface area contributed by atoms with E-state index in [2.05, 4.69) is 27.7 Å². The summed E-state index contributed by atoms with van der Waals surface area (Å²) in [5.74, 6) is 0. The summed E-state index contributed by atoms with van der Waals surface area (Å²) in [6, 6.07) is 0. The summed E-state index contributed by atoms with van der Waals surface area (Å²) in [7, 11) is 1.59. The predicted octanol–water partition coefficient (Wildman–Crippen LogP) is 12.2. The second kappa shape index (κ2) is 42.7. The fourth-order valence-corrected chi connectivity index (χ4v) is 7.45. The fraction of sp³-hybridized carbons (Fsp3) is 1.00. The summed E-state index contributed by atoms with van der Waals surface area (Å²) in [5, 5.41) is 0. The van der Waals surface area contributed by atoms with Crippen LogP contribution < -0.4 is 0 Å². The monoisotopic (exact) mass is 566 g/mol. The van der Waals surface area contributed by atoms with Gasteiger partial charge in [-0.15, -0.1) is 0 Å². The first kappa shape index (κ1) is 41.1. The Kier molecular flexibility index (Phi) is 50.0. The van der Waals surface area contributed by atoms with E-state index in [0.717, 1.165) is 17.2 Å². The van der Waals surface area contributed by atoms with Gasteiger partial charge < -0.3 is 0 Å². The van der Waals surface area contributed by atoms with E-state index in [9.17, 15) is 0 Å². The Hall–Kier alpha value is 1.57. The quantitative estimate of drug-likeness (QED) is 0.0502. The molecule has 0 aliphatic carbocycles. The molecule has 0 unspecified atom stereocenters. The van der Waals surface area contributed by atoms with Gasteiger partial charge in [0.25, 0.3) is 0 Å². The number of rotatable bonds is 28. The number of unbranched alkanes of at least 4 members (excludes halogenated alkanes) is 20.